The highest BCUT2D eigenvalue weighted by molar-refractivity contribution is 5.30. The smallest absolute Gasteiger partial charge is 0.237 e. The Hall–Kier alpha value is -1.88. The van der Waals surface area contributed by atoms with E-state index in [1.54, 1.807) is 32.0 Å². The van der Waals surface area contributed by atoms with Crippen molar-refractivity contribution in [2.75, 3.05) is 13.7 Å². The predicted octanol–water partition coefficient (Wildman–Crippen LogP) is 1.78. The summed E-state index contributed by atoms with van der Waals surface area (Å²) in [4.78, 5) is 8.49. The fourth-order valence-electron chi connectivity index (χ4n) is 1.71. The number of hydrogen-bond donors (Lipinski definition) is 1. The molecule has 0 saturated heterocycles. The van der Waals surface area contributed by atoms with Crippen molar-refractivity contribution in [3.63, 3.8) is 0 Å². The van der Waals surface area contributed by atoms with Gasteiger partial charge >= 0.3 is 0 Å². The van der Waals surface area contributed by atoms with Crippen LogP contribution in [0.25, 0.3) is 0 Å². The average molecular weight is 233 g/mol. The molecule has 2 aromatic rings. The Morgan fingerprint density at radius 3 is 2.88 bits per heavy atom. The Kier molecular flexibility index (Phi) is 3.72. The van der Waals surface area contributed by atoms with Crippen LogP contribution in [0, 0.1) is 0 Å². The summed E-state index contributed by atoms with van der Waals surface area (Å²) in [6.07, 6.45) is 6.60. The summed E-state index contributed by atoms with van der Waals surface area (Å²) < 4.78 is 10.3. The highest BCUT2D eigenvalue weighted by Gasteiger charge is 2.20. The summed E-state index contributed by atoms with van der Waals surface area (Å²) in [6, 6.07) is 1.84. The highest BCUT2D eigenvalue weighted by atomic mass is 16.5. The Morgan fingerprint density at radius 2 is 2.24 bits per heavy atom. The highest BCUT2D eigenvalue weighted by Crippen LogP contribution is 2.26. The molecule has 2 aromatic heterocycles. The number of ether oxygens (including phenoxy) is 1. The van der Waals surface area contributed by atoms with E-state index in [1.165, 1.54) is 0 Å². The summed E-state index contributed by atoms with van der Waals surface area (Å²) in [7, 11) is 1.59. The molecule has 0 spiro atoms. The fourth-order valence-corrected chi connectivity index (χ4v) is 1.71. The van der Waals surface area contributed by atoms with Gasteiger partial charge in [-0.3, -0.25) is 4.98 Å². The van der Waals surface area contributed by atoms with Gasteiger partial charge in [0, 0.05) is 18.0 Å². The minimum absolute atomic E-state index is 0.0672. The molecule has 0 bridgehead atoms. The van der Waals surface area contributed by atoms with Gasteiger partial charge in [0.15, 0.2) is 0 Å². The van der Waals surface area contributed by atoms with E-state index in [9.17, 15) is 0 Å². The molecule has 1 N–H and O–H groups in total. The lowest BCUT2D eigenvalue weighted by atomic mass is 10.1. The summed E-state index contributed by atoms with van der Waals surface area (Å²) in [5.74, 6) is 0.527. The van der Waals surface area contributed by atoms with Gasteiger partial charge in [-0.2, -0.15) is 0 Å². The molecule has 5 heteroatoms. The Bertz CT molecular complexity index is 457. The van der Waals surface area contributed by atoms with Crippen LogP contribution in [0.4, 0.5) is 0 Å². The van der Waals surface area contributed by atoms with Gasteiger partial charge in [0.25, 0.3) is 0 Å². The Balaban J connectivity index is 2.39. The van der Waals surface area contributed by atoms with Gasteiger partial charge in [0.05, 0.1) is 25.7 Å². The van der Waals surface area contributed by atoms with E-state index in [0.717, 1.165) is 17.8 Å². The maximum absolute atomic E-state index is 5.23. The standard InChI is InChI=1S/C12H15N3O2/c1-3-13-10(9-4-7-17-8-9)11-12(16-2)15-6-5-14-11/h4-8,10,13H,3H2,1-2H3. The van der Waals surface area contributed by atoms with Crippen LogP contribution < -0.4 is 10.1 Å². The number of hydrogen-bond acceptors (Lipinski definition) is 5. The SMILES string of the molecule is CCNC(c1ccoc1)c1nccnc1OC. The van der Waals surface area contributed by atoms with Gasteiger partial charge in [0.1, 0.15) is 5.69 Å². The maximum Gasteiger partial charge on any atom is 0.237 e. The third-order valence-corrected chi connectivity index (χ3v) is 2.44. The number of rotatable bonds is 5. The third-order valence-electron chi connectivity index (χ3n) is 2.44. The second-order valence-electron chi connectivity index (χ2n) is 3.50. The molecule has 17 heavy (non-hydrogen) atoms. The molecule has 0 aliphatic heterocycles. The molecule has 0 saturated carbocycles. The Labute approximate surface area is 99.8 Å². The van der Waals surface area contributed by atoms with Crippen molar-refractivity contribution in [2.45, 2.75) is 13.0 Å². The molecular formula is C12H15N3O2. The summed E-state index contributed by atoms with van der Waals surface area (Å²) in [5, 5.41) is 3.33. The van der Waals surface area contributed by atoms with E-state index in [0.29, 0.717) is 5.88 Å². The van der Waals surface area contributed by atoms with Crippen LogP contribution in [-0.4, -0.2) is 23.6 Å². The molecule has 1 unspecified atom stereocenters. The van der Waals surface area contributed by atoms with E-state index in [2.05, 4.69) is 15.3 Å². The van der Waals surface area contributed by atoms with E-state index in [-0.39, 0.29) is 6.04 Å². The first kappa shape index (κ1) is 11.6. The quantitative estimate of drug-likeness (QED) is 0.853. The predicted molar refractivity (Wildman–Crippen MR) is 62.8 cm³/mol. The lowest BCUT2D eigenvalue weighted by molar-refractivity contribution is 0.382. The molecule has 2 heterocycles. The fraction of sp³-hybridized carbons (Fsp3) is 0.333. The molecule has 0 fully saturated rings. The second kappa shape index (κ2) is 5.45. The number of nitrogens with zero attached hydrogens (tertiary/aromatic N) is 2. The van der Waals surface area contributed by atoms with Gasteiger partial charge in [-0.25, -0.2) is 4.98 Å². The maximum atomic E-state index is 5.23. The molecule has 0 aliphatic rings. The molecule has 0 amide bonds. The number of aromatic nitrogens is 2. The molecule has 0 aliphatic carbocycles. The lowest BCUT2D eigenvalue weighted by Gasteiger charge is -2.17. The first-order valence-electron chi connectivity index (χ1n) is 5.47. The third kappa shape index (κ3) is 2.45. The van der Waals surface area contributed by atoms with Crippen LogP contribution >= 0.6 is 0 Å². The van der Waals surface area contributed by atoms with E-state index < -0.39 is 0 Å². The van der Waals surface area contributed by atoms with Crippen molar-refractivity contribution in [3.8, 4) is 5.88 Å². The normalized spacial score (nSPS) is 12.4. The molecule has 0 radical (unpaired) electrons. The van der Waals surface area contributed by atoms with E-state index in [4.69, 9.17) is 9.15 Å². The van der Waals surface area contributed by atoms with Crippen molar-refractivity contribution < 1.29 is 9.15 Å². The van der Waals surface area contributed by atoms with Gasteiger partial charge in [0.2, 0.25) is 5.88 Å². The molecule has 5 nitrogen and oxygen atoms in total. The largest absolute Gasteiger partial charge is 0.480 e. The zero-order chi connectivity index (χ0) is 12.1. The van der Waals surface area contributed by atoms with Crippen LogP contribution in [-0.2, 0) is 0 Å². The van der Waals surface area contributed by atoms with Crippen molar-refractivity contribution in [3.05, 3.63) is 42.2 Å². The average Bonchev–Trinajstić information content (AvgIpc) is 2.89. The van der Waals surface area contributed by atoms with Crippen LogP contribution in [0.3, 0.4) is 0 Å². The first-order chi connectivity index (χ1) is 8.36. The van der Waals surface area contributed by atoms with Crippen molar-refractivity contribution in [1.82, 2.24) is 15.3 Å². The summed E-state index contributed by atoms with van der Waals surface area (Å²) >= 11 is 0. The van der Waals surface area contributed by atoms with Gasteiger partial charge < -0.3 is 14.5 Å². The molecule has 0 aromatic carbocycles. The zero-order valence-corrected chi connectivity index (χ0v) is 9.88. The van der Waals surface area contributed by atoms with Crippen LogP contribution in [0.1, 0.15) is 24.2 Å². The molecule has 90 valence electrons. The minimum Gasteiger partial charge on any atom is -0.480 e. The summed E-state index contributed by atoms with van der Waals surface area (Å²) in [6.45, 7) is 2.85. The van der Waals surface area contributed by atoms with E-state index >= 15 is 0 Å². The Morgan fingerprint density at radius 1 is 1.41 bits per heavy atom. The summed E-state index contributed by atoms with van der Waals surface area (Å²) in [5.41, 5.74) is 1.77. The topological polar surface area (TPSA) is 60.2 Å². The number of furan rings is 1. The number of nitrogens with one attached hydrogen (secondary N) is 1. The van der Waals surface area contributed by atoms with Crippen molar-refractivity contribution in [2.24, 2.45) is 0 Å². The van der Waals surface area contributed by atoms with Gasteiger partial charge in [-0.15, -0.1) is 0 Å². The molecular weight excluding hydrogens is 218 g/mol. The van der Waals surface area contributed by atoms with Crippen LogP contribution in [0.2, 0.25) is 0 Å². The monoisotopic (exact) mass is 233 g/mol. The minimum atomic E-state index is -0.0672. The molecule has 1 atom stereocenters. The first-order valence-corrected chi connectivity index (χ1v) is 5.47. The van der Waals surface area contributed by atoms with Crippen molar-refractivity contribution in [1.29, 1.82) is 0 Å². The number of methoxy groups -OCH3 is 1. The van der Waals surface area contributed by atoms with Gasteiger partial charge in [-0.1, -0.05) is 6.92 Å². The zero-order valence-electron chi connectivity index (χ0n) is 9.88. The molecule has 2 rings (SSSR count). The van der Waals surface area contributed by atoms with Crippen molar-refractivity contribution >= 4 is 0 Å². The lowest BCUT2D eigenvalue weighted by Crippen LogP contribution is -2.23. The van der Waals surface area contributed by atoms with Crippen LogP contribution in [0.5, 0.6) is 5.88 Å². The van der Waals surface area contributed by atoms with Crippen LogP contribution in [0.15, 0.2) is 35.4 Å². The van der Waals surface area contributed by atoms with E-state index in [1.807, 2.05) is 13.0 Å². The van der Waals surface area contributed by atoms with Gasteiger partial charge in [-0.05, 0) is 12.6 Å². The second-order valence-corrected chi connectivity index (χ2v) is 3.50.